The monoisotopic (exact) mass is 372 g/mol. The van der Waals surface area contributed by atoms with E-state index < -0.39 is 0 Å². The van der Waals surface area contributed by atoms with Gasteiger partial charge in [-0.05, 0) is 64.0 Å². The van der Waals surface area contributed by atoms with Crippen molar-refractivity contribution in [3.8, 4) is 0 Å². The van der Waals surface area contributed by atoms with Gasteiger partial charge in [0.25, 0.3) is 5.91 Å². The molecule has 5 heteroatoms. The van der Waals surface area contributed by atoms with Crippen molar-refractivity contribution in [3.63, 3.8) is 0 Å². The fourth-order valence-corrected chi connectivity index (χ4v) is 3.62. The van der Waals surface area contributed by atoms with Crippen molar-refractivity contribution in [3.05, 3.63) is 33.3 Å². The van der Waals surface area contributed by atoms with Gasteiger partial charge in [0, 0.05) is 17.6 Å². The number of carbonyl (C=O) groups is 1. The Labute approximate surface area is 140 Å². The summed E-state index contributed by atoms with van der Waals surface area (Å²) in [7, 11) is 4.03. The maximum atomic E-state index is 12.6. The number of rotatable bonds is 3. The number of benzene rings is 1. The minimum atomic E-state index is -0.000993. The van der Waals surface area contributed by atoms with Crippen LogP contribution in [0.25, 0.3) is 0 Å². The molecule has 1 unspecified atom stereocenters. The molecule has 116 valence electrons. The lowest BCUT2D eigenvalue weighted by Gasteiger charge is -2.37. The third-order valence-corrected chi connectivity index (χ3v) is 5.34. The van der Waals surface area contributed by atoms with Gasteiger partial charge in [-0.3, -0.25) is 4.79 Å². The highest BCUT2D eigenvalue weighted by Crippen LogP contribution is 2.26. The third-order valence-electron chi connectivity index (χ3n) is 4.54. The molecule has 1 aliphatic heterocycles. The molecular weight excluding hydrogens is 352 g/mol. The van der Waals surface area contributed by atoms with E-state index >= 15 is 0 Å². The van der Waals surface area contributed by atoms with Crippen LogP contribution < -0.4 is 0 Å². The van der Waals surface area contributed by atoms with Crippen LogP contribution in [0.3, 0.4) is 0 Å². The molecule has 1 aromatic rings. The summed E-state index contributed by atoms with van der Waals surface area (Å²) in [5, 5.41) is 0.497. The normalized spacial score (nSPS) is 18.5. The largest absolute Gasteiger partial charge is 0.339 e. The molecule has 1 atom stereocenters. The second-order valence-corrected chi connectivity index (χ2v) is 7.24. The molecule has 1 amide bonds. The zero-order valence-corrected chi connectivity index (χ0v) is 15.1. The van der Waals surface area contributed by atoms with Gasteiger partial charge in [-0.25, -0.2) is 0 Å². The fraction of sp³-hybridized carbons (Fsp3) is 0.562. The van der Waals surface area contributed by atoms with E-state index in [0.717, 1.165) is 30.4 Å². The number of piperidine rings is 1. The minimum absolute atomic E-state index is 0.000993. The summed E-state index contributed by atoms with van der Waals surface area (Å²) in [6.07, 6.45) is 2.28. The van der Waals surface area contributed by atoms with Crippen LogP contribution in [0.4, 0.5) is 0 Å². The highest BCUT2D eigenvalue weighted by Gasteiger charge is 2.28. The van der Waals surface area contributed by atoms with Gasteiger partial charge in [-0.2, -0.15) is 0 Å². The first-order chi connectivity index (χ1) is 9.90. The van der Waals surface area contributed by atoms with E-state index in [1.54, 1.807) is 12.1 Å². The number of hydrogen-bond acceptors (Lipinski definition) is 2. The van der Waals surface area contributed by atoms with Crippen molar-refractivity contribution < 1.29 is 4.79 Å². The van der Waals surface area contributed by atoms with Gasteiger partial charge in [0.2, 0.25) is 0 Å². The zero-order chi connectivity index (χ0) is 15.6. The van der Waals surface area contributed by atoms with E-state index in [1.807, 2.05) is 18.0 Å². The first-order valence-corrected chi connectivity index (χ1v) is 8.48. The van der Waals surface area contributed by atoms with Crippen molar-refractivity contribution >= 4 is 33.4 Å². The zero-order valence-electron chi connectivity index (χ0n) is 12.8. The SMILES string of the molecule is CC(C1CCN(C)CC1)N(C)C(=O)c1ccc(Br)cc1Cl. The Hall–Kier alpha value is -0.580. The lowest BCUT2D eigenvalue weighted by atomic mass is 9.89. The number of halogens is 2. The van der Waals surface area contributed by atoms with Gasteiger partial charge in [0.1, 0.15) is 0 Å². The van der Waals surface area contributed by atoms with E-state index in [9.17, 15) is 4.79 Å². The maximum absolute atomic E-state index is 12.6. The highest BCUT2D eigenvalue weighted by molar-refractivity contribution is 9.10. The Morgan fingerprint density at radius 2 is 2.05 bits per heavy atom. The predicted molar refractivity (Wildman–Crippen MR) is 90.9 cm³/mol. The van der Waals surface area contributed by atoms with Crippen molar-refractivity contribution in [2.75, 3.05) is 27.2 Å². The van der Waals surface area contributed by atoms with E-state index in [0.29, 0.717) is 16.5 Å². The Kier molecular flexibility index (Phi) is 5.69. The van der Waals surface area contributed by atoms with Gasteiger partial charge in [0.15, 0.2) is 0 Å². The van der Waals surface area contributed by atoms with E-state index in [-0.39, 0.29) is 11.9 Å². The molecular formula is C16H22BrClN2O. The summed E-state index contributed by atoms with van der Waals surface area (Å²) >= 11 is 9.56. The van der Waals surface area contributed by atoms with Crippen molar-refractivity contribution in [1.82, 2.24) is 9.80 Å². The van der Waals surface area contributed by atoms with E-state index in [1.165, 1.54) is 0 Å². The average molecular weight is 374 g/mol. The maximum Gasteiger partial charge on any atom is 0.255 e. The lowest BCUT2D eigenvalue weighted by molar-refractivity contribution is 0.0636. The van der Waals surface area contributed by atoms with Crippen molar-refractivity contribution in [1.29, 1.82) is 0 Å². The number of carbonyl (C=O) groups excluding carboxylic acids is 1. The standard InChI is InChI=1S/C16H22BrClN2O/c1-11(12-6-8-19(2)9-7-12)20(3)16(21)14-5-4-13(17)10-15(14)18/h4-5,10-12H,6-9H2,1-3H3. The molecule has 2 rings (SSSR count). The van der Waals surface area contributed by atoms with Gasteiger partial charge >= 0.3 is 0 Å². The molecule has 0 radical (unpaired) electrons. The van der Waals surface area contributed by atoms with Gasteiger partial charge < -0.3 is 9.80 Å². The van der Waals surface area contributed by atoms with Crippen molar-refractivity contribution in [2.24, 2.45) is 5.92 Å². The minimum Gasteiger partial charge on any atom is -0.339 e. The number of nitrogens with zero attached hydrogens (tertiary/aromatic N) is 2. The summed E-state index contributed by atoms with van der Waals surface area (Å²) in [4.78, 5) is 16.8. The molecule has 0 saturated carbocycles. The lowest BCUT2D eigenvalue weighted by Crippen LogP contribution is -2.44. The molecule has 0 spiro atoms. The molecule has 0 aromatic heterocycles. The molecule has 0 N–H and O–H groups in total. The molecule has 0 aliphatic carbocycles. The quantitative estimate of drug-likeness (QED) is 0.802. The van der Waals surface area contributed by atoms with E-state index in [2.05, 4.69) is 34.8 Å². The van der Waals surface area contributed by atoms with Gasteiger partial charge in [-0.15, -0.1) is 0 Å². The summed E-state index contributed by atoms with van der Waals surface area (Å²) in [5.74, 6) is 0.559. The van der Waals surface area contributed by atoms with Crippen LogP contribution in [0, 0.1) is 5.92 Å². The number of hydrogen-bond donors (Lipinski definition) is 0. The fourth-order valence-electron chi connectivity index (χ4n) is 2.87. The van der Waals surface area contributed by atoms with Crippen LogP contribution in [0.1, 0.15) is 30.1 Å². The highest BCUT2D eigenvalue weighted by atomic mass is 79.9. The smallest absolute Gasteiger partial charge is 0.255 e. The second-order valence-electron chi connectivity index (χ2n) is 5.92. The molecule has 1 aliphatic rings. The Balaban J connectivity index is 2.07. The van der Waals surface area contributed by atoms with Gasteiger partial charge in [-0.1, -0.05) is 27.5 Å². The molecule has 1 aromatic carbocycles. The Morgan fingerprint density at radius 3 is 2.62 bits per heavy atom. The number of likely N-dealkylation sites (tertiary alicyclic amines) is 1. The van der Waals surface area contributed by atoms with Crippen LogP contribution in [-0.4, -0.2) is 48.9 Å². The summed E-state index contributed by atoms with van der Waals surface area (Å²) in [6.45, 7) is 4.35. The molecule has 1 saturated heterocycles. The third kappa shape index (κ3) is 3.99. The van der Waals surface area contributed by atoms with Crippen LogP contribution in [-0.2, 0) is 0 Å². The van der Waals surface area contributed by atoms with Gasteiger partial charge in [0.05, 0.1) is 10.6 Å². The van der Waals surface area contributed by atoms with Crippen LogP contribution >= 0.6 is 27.5 Å². The van der Waals surface area contributed by atoms with Crippen molar-refractivity contribution in [2.45, 2.75) is 25.8 Å². The van der Waals surface area contributed by atoms with Crippen LogP contribution in [0.5, 0.6) is 0 Å². The van der Waals surface area contributed by atoms with Crippen LogP contribution in [0.15, 0.2) is 22.7 Å². The first-order valence-electron chi connectivity index (χ1n) is 7.31. The Morgan fingerprint density at radius 1 is 1.43 bits per heavy atom. The molecule has 1 fully saturated rings. The topological polar surface area (TPSA) is 23.6 Å². The second kappa shape index (κ2) is 7.12. The number of amides is 1. The van der Waals surface area contributed by atoms with Crippen LogP contribution in [0.2, 0.25) is 5.02 Å². The Bertz CT molecular complexity index is 515. The summed E-state index contributed by atoms with van der Waals surface area (Å²) in [6, 6.07) is 5.63. The molecule has 3 nitrogen and oxygen atoms in total. The first kappa shape index (κ1) is 16.8. The molecule has 1 heterocycles. The van der Waals surface area contributed by atoms with E-state index in [4.69, 9.17) is 11.6 Å². The average Bonchev–Trinajstić information content (AvgIpc) is 2.46. The summed E-state index contributed by atoms with van der Waals surface area (Å²) < 4.78 is 0.884. The molecule has 21 heavy (non-hydrogen) atoms. The predicted octanol–water partition coefficient (Wildman–Crippen LogP) is 3.90. The molecule has 0 bridgehead atoms. The summed E-state index contributed by atoms with van der Waals surface area (Å²) in [5.41, 5.74) is 0.571.